The summed E-state index contributed by atoms with van der Waals surface area (Å²) in [5, 5.41) is 3.07. The zero-order valence-electron chi connectivity index (χ0n) is 15.5. The number of nitrogens with one attached hydrogen (secondary N) is 3. The zero-order valence-corrected chi connectivity index (χ0v) is 15.5. The Morgan fingerprint density at radius 2 is 1.62 bits per heavy atom. The van der Waals surface area contributed by atoms with Gasteiger partial charge in [0, 0.05) is 18.8 Å². The molecule has 0 saturated heterocycles. The van der Waals surface area contributed by atoms with Crippen LogP contribution in [0, 0.1) is 0 Å². The Bertz CT molecular complexity index is 1220. The third kappa shape index (κ3) is 3.45. The second-order valence-corrected chi connectivity index (χ2v) is 6.81. The quantitative estimate of drug-likeness (QED) is 0.433. The molecule has 5 rings (SSSR count). The van der Waals surface area contributed by atoms with E-state index >= 15 is 0 Å². The van der Waals surface area contributed by atoms with Gasteiger partial charge >= 0.3 is 0 Å². The molecule has 7 heteroatoms. The predicted octanol–water partition coefficient (Wildman–Crippen LogP) is 3.55. The average Bonchev–Trinajstić information content (AvgIpc) is 3.37. The molecule has 1 amide bonds. The summed E-state index contributed by atoms with van der Waals surface area (Å²) in [5.41, 5.74) is 4.13. The minimum atomic E-state index is -0.379. The summed E-state index contributed by atoms with van der Waals surface area (Å²) in [6.07, 6.45) is 3.66. The number of H-pyrrole nitrogens is 2. The molecule has 3 aromatic heterocycles. The number of imidazole rings is 2. The fraction of sp³-hybridized carbons (Fsp3) is 0.0909. The number of aromatic nitrogens is 5. The third-order valence-corrected chi connectivity index (χ3v) is 4.80. The second kappa shape index (κ2) is 7.20. The van der Waals surface area contributed by atoms with Gasteiger partial charge in [-0.1, -0.05) is 24.3 Å². The maximum absolute atomic E-state index is 12.8. The Morgan fingerprint density at radius 1 is 0.897 bits per heavy atom. The van der Waals surface area contributed by atoms with Crippen LogP contribution in [0.25, 0.3) is 22.1 Å². The molecule has 0 fully saturated rings. The summed E-state index contributed by atoms with van der Waals surface area (Å²) < 4.78 is 0. The molecule has 0 aliphatic heterocycles. The minimum Gasteiger partial charge on any atom is -0.342 e. The van der Waals surface area contributed by atoms with Crippen molar-refractivity contribution >= 4 is 28.0 Å². The number of nitrogens with zero attached hydrogens (tertiary/aromatic N) is 3. The second-order valence-electron chi connectivity index (χ2n) is 6.81. The van der Waals surface area contributed by atoms with Gasteiger partial charge in [0.05, 0.1) is 33.7 Å². The van der Waals surface area contributed by atoms with Gasteiger partial charge in [0.2, 0.25) is 0 Å². The Morgan fingerprint density at radius 3 is 2.31 bits per heavy atom. The smallest absolute Gasteiger partial charge is 0.253 e. The van der Waals surface area contributed by atoms with Gasteiger partial charge in [-0.2, -0.15) is 0 Å². The lowest BCUT2D eigenvalue weighted by Gasteiger charge is -2.15. The molecule has 5 aromatic rings. The molecular weight excluding hydrogens is 364 g/mol. The molecule has 3 N–H and O–H groups in total. The number of pyridine rings is 1. The van der Waals surface area contributed by atoms with Crippen molar-refractivity contribution < 1.29 is 4.79 Å². The van der Waals surface area contributed by atoms with Gasteiger partial charge in [0.15, 0.2) is 0 Å². The first-order chi connectivity index (χ1) is 14.3. The SMILES string of the molecule is O=C(NC(Cc1nc2ccccc2[nH]1)c1nc2ccccc2[nH]1)c1cccnc1. The van der Waals surface area contributed by atoms with Gasteiger partial charge in [0.25, 0.3) is 5.91 Å². The van der Waals surface area contributed by atoms with Gasteiger partial charge in [-0.3, -0.25) is 9.78 Å². The molecule has 7 nitrogen and oxygen atoms in total. The van der Waals surface area contributed by atoms with Gasteiger partial charge < -0.3 is 15.3 Å². The van der Waals surface area contributed by atoms with Gasteiger partial charge in [0.1, 0.15) is 11.6 Å². The van der Waals surface area contributed by atoms with Crippen LogP contribution in [0.5, 0.6) is 0 Å². The zero-order chi connectivity index (χ0) is 19.6. The van der Waals surface area contributed by atoms with E-state index in [9.17, 15) is 4.79 Å². The number of hydrogen-bond acceptors (Lipinski definition) is 4. The van der Waals surface area contributed by atoms with Crippen LogP contribution in [0.2, 0.25) is 0 Å². The maximum Gasteiger partial charge on any atom is 0.253 e. The van der Waals surface area contributed by atoms with Gasteiger partial charge in [-0.15, -0.1) is 0 Å². The Labute approximate surface area is 166 Å². The number of benzene rings is 2. The highest BCUT2D eigenvalue weighted by atomic mass is 16.1. The maximum atomic E-state index is 12.8. The van der Waals surface area contributed by atoms with Crippen molar-refractivity contribution in [2.75, 3.05) is 0 Å². The van der Waals surface area contributed by atoms with Gasteiger partial charge in [-0.25, -0.2) is 9.97 Å². The molecule has 142 valence electrons. The largest absolute Gasteiger partial charge is 0.342 e. The molecule has 0 saturated carbocycles. The molecule has 1 atom stereocenters. The fourth-order valence-electron chi connectivity index (χ4n) is 3.39. The van der Waals surface area contributed by atoms with Crippen LogP contribution in [-0.2, 0) is 6.42 Å². The first-order valence-corrected chi connectivity index (χ1v) is 9.35. The minimum absolute atomic E-state index is 0.209. The molecule has 0 radical (unpaired) electrons. The van der Waals surface area contributed by atoms with Gasteiger partial charge in [-0.05, 0) is 36.4 Å². The molecule has 3 heterocycles. The summed E-state index contributed by atoms with van der Waals surface area (Å²) in [6.45, 7) is 0. The van der Waals surface area contributed by atoms with E-state index in [1.807, 2.05) is 48.5 Å². The molecule has 29 heavy (non-hydrogen) atoms. The van der Waals surface area contributed by atoms with Crippen LogP contribution in [0.1, 0.15) is 28.0 Å². The van der Waals surface area contributed by atoms with Crippen molar-refractivity contribution in [1.29, 1.82) is 0 Å². The van der Waals surface area contributed by atoms with E-state index in [2.05, 4.69) is 30.2 Å². The van der Waals surface area contributed by atoms with Crippen LogP contribution in [0.4, 0.5) is 0 Å². The van der Waals surface area contributed by atoms with E-state index in [4.69, 9.17) is 0 Å². The Hall–Kier alpha value is -4.00. The molecule has 1 unspecified atom stereocenters. The highest BCUT2D eigenvalue weighted by molar-refractivity contribution is 5.94. The number of carbonyl (C=O) groups is 1. The van der Waals surface area contributed by atoms with E-state index < -0.39 is 0 Å². The first-order valence-electron chi connectivity index (χ1n) is 9.35. The fourth-order valence-corrected chi connectivity index (χ4v) is 3.39. The lowest BCUT2D eigenvalue weighted by molar-refractivity contribution is 0.0934. The number of fused-ring (bicyclic) bond motifs is 2. The van der Waals surface area contributed by atoms with Crippen molar-refractivity contribution in [3.63, 3.8) is 0 Å². The Balaban J connectivity index is 1.50. The summed E-state index contributed by atoms with van der Waals surface area (Å²) >= 11 is 0. The molecular formula is C22H18N6O. The van der Waals surface area contributed by atoms with Crippen LogP contribution in [0.3, 0.4) is 0 Å². The van der Waals surface area contributed by atoms with E-state index in [1.54, 1.807) is 24.5 Å². The van der Waals surface area contributed by atoms with Crippen molar-refractivity contribution in [2.24, 2.45) is 0 Å². The molecule has 0 aliphatic rings. The van der Waals surface area contributed by atoms with Crippen molar-refractivity contribution in [2.45, 2.75) is 12.5 Å². The van der Waals surface area contributed by atoms with Crippen molar-refractivity contribution in [3.05, 3.63) is 90.3 Å². The summed E-state index contributed by atoms with van der Waals surface area (Å²) in [5.74, 6) is 1.26. The van der Waals surface area contributed by atoms with Crippen molar-refractivity contribution in [3.8, 4) is 0 Å². The standard InChI is InChI=1S/C22H18N6O/c29-22(14-6-5-11-23-13-14)28-19(21-26-17-9-3-4-10-18(17)27-21)12-20-24-15-7-1-2-8-16(15)25-20/h1-11,13,19H,12H2,(H,24,25)(H,26,27)(H,28,29). The molecule has 0 spiro atoms. The highest BCUT2D eigenvalue weighted by Crippen LogP contribution is 2.21. The number of amides is 1. The topological polar surface area (TPSA) is 99.4 Å². The predicted molar refractivity (Wildman–Crippen MR) is 110 cm³/mol. The molecule has 0 bridgehead atoms. The summed E-state index contributed by atoms with van der Waals surface area (Å²) in [6, 6.07) is 18.8. The third-order valence-electron chi connectivity index (χ3n) is 4.80. The lowest BCUT2D eigenvalue weighted by Crippen LogP contribution is -2.31. The normalized spacial score (nSPS) is 12.3. The monoisotopic (exact) mass is 382 g/mol. The average molecular weight is 382 g/mol. The molecule has 2 aromatic carbocycles. The van der Waals surface area contributed by atoms with Crippen molar-refractivity contribution in [1.82, 2.24) is 30.2 Å². The Kier molecular flexibility index (Phi) is 4.25. The van der Waals surface area contributed by atoms with Crippen LogP contribution in [-0.4, -0.2) is 30.8 Å². The summed E-state index contributed by atoms with van der Waals surface area (Å²) in [4.78, 5) is 32.8. The van der Waals surface area contributed by atoms with E-state index in [1.165, 1.54) is 0 Å². The summed E-state index contributed by atoms with van der Waals surface area (Å²) in [7, 11) is 0. The highest BCUT2D eigenvalue weighted by Gasteiger charge is 2.21. The van der Waals surface area contributed by atoms with E-state index in [-0.39, 0.29) is 11.9 Å². The van der Waals surface area contributed by atoms with Crippen LogP contribution < -0.4 is 5.32 Å². The number of hydrogen-bond donors (Lipinski definition) is 3. The number of para-hydroxylation sites is 4. The van der Waals surface area contributed by atoms with Crippen LogP contribution in [0.15, 0.2) is 73.1 Å². The lowest BCUT2D eigenvalue weighted by atomic mass is 10.1. The first kappa shape index (κ1) is 17.1. The van der Waals surface area contributed by atoms with E-state index in [0.717, 1.165) is 27.9 Å². The van der Waals surface area contributed by atoms with E-state index in [0.29, 0.717) is 17.8 Å². The molecule has 0 aliphatic carbocycles. The number of carbonyl (C=O) groups excluding carboxylic acids is 1. The number of rotatable bonds is 5. The van der Waals surface area contributed by atoms with Crippen LogP contribution >= 0.6 is 0 Å². The number of aromatic amines is 2.